The van der Waals surface area contributed by atoms with Gasteiger partial charge in [-0.25, -0.2) is 19.3 Å². The van der Waals surface area contributed by atoms with Crippen LogP contribution in [0.3, 0.4) is 0 Å². The molecule has 5 nitrogen and oxygen atoms in total. The Kier molecular flexibility index (Phi) is 4.65. The third-order valence-electron chi connectivity index (χ3n) is 4.74. The van der Waals surface area contributed by atoms with Gasteiger partial charge in [0.2, 0.25) is 5.95 Å². The molecule has 1 aliphatic heterocycles. The average molecular weight is 369 g/mol. The number of anilines is 1. The molecule has 0 saturated carbocycles. The van der Waals surface area contributed by atoms with E-state index in [-0.39, 0.29) is 11.8 Å². The lowest BCUT2D eigenvalue weighted by Crippen LogP contribution is -2.29. The second kappa shape index (κ2) is 7.09. The molecule has 7 heteroatoms. The fourth-order valence-corrected chi connectivity index (χ4v) is 4.47. The molecule has 2 aromatic heterocycles. The number of halogens is 1. The van der Waals surface area contributed by atoms with Crippen molar-refractivity contribution in [2.45, 2.75) is 18.8 Å². The molecule has 26 heavy (non-hydrogen) atoms. The summed E-state index contributed by atoms with van der Waals surface area (Å²) in [6.07, 6.45) is 3.84. The molecule has 0 radical (unpaired) electrons. The van der Waals surface area contributed by atoms with Crippen LogP contribution in [0.4, 0.5) is 10.3 Å². The van der Waals surface area contributed by atoms with E-state index in [1.807, 2.05) is 6.07 Å². The number of rotatable bonds is 3. The molecule has 0 spiro atoms. The Balaban J connectivity index is 1.78. The number of nitrogens with zero attached hydrogens (tertiary/aromatic N) is 4. The molecule has 4 rings (SSSR count). The average Bonchev–Trinajstić information content (AvgIpc) is 3.08. The second-order valence-corrected chi connectivity index (χ2v) is 7.65. The number of piperidine rings is 1. The van der Waals surface area contributed by atoms with Crippen LogP contribution in [0.5, 0.6) is 0 Å². The maximum absolute atomic E-state index is 13.4. The van der Waals surface area contributed by atoms with Crippen LogP contribution in [-0.2, 0) is 0 Å². The van der Waals surface area contributed by atoms with Crippen LogP contribution >= 0.6 is 11.3 Å². The quantitative estimate of drug-likeness (QED) is 0.761. The maximum atomic E-state index is 13.4. The summed E-state index contributed by atoms with van der Waals surface area (Å²) in [4.78, 5) is 16.6. The fraction of sp³-hybridized carbons (Fsp3) is 0.316. The Hall–Kier alpha value is -2.38. The van der Waals surface area contributed by atoms with Crippen molar-refractivity contribution in [1.82, 2.24) is 19.9 Å². The van der Waals surface area contributed by atoms with Gasteiger partial charge in [0.1, 0.15) is 5.82 Å². The summed E-state index contributed by atoms with van der Waals surface area (Å²) in [5, 5.41) is 1.12. The van der Waals surface area contributed by atoms with E-state index in [0.717, 1.165) is 52.8 Å². The first kappa shape index (κ1) is 17.1. The minimum Gasteiger partial charge on any atom is -0.368 e. The van der Waals surface area contributed by atoms with Crippen LogP contribution in [0.2, 0.25) is 0 Å². The predicted octanol–water partition coefficient (Wildman–Crippen LogP) is 3.80. The first-order chi connectivity index (χ1) is 12.6. The number of nitrogens with two attached hydrogens (primary N) is 1. The molecular weight excluding hydrogens is 349 g/mol. The van der Waals surface area contributed by atoms with Crippen LogP contribution in [0, 0.1) is 5.82 Å². The van der Waals surface area contributed by atoms with E-state index in [4.69, 9.17) is 10.7 Å². The normalized spacial score (nSPS) is 16.1. The molecule has 0 unspecified atom stereocenters. The van der Waals surface area contributed by atoms with E-state index in [9.17, 15) is 4.39 Å². The number of benzene rings is 1. The van der Waals surface area contributed by atoms with Crippen molar-refractivity contribution in [3.63, 3.8) is 0 Å². The van der Waals surface area contributed by atoms with E-state index in [0.29, 0.717) is 5.92 Å². The highest BCUT2D eigenvalue weighted by molar-refractivity contribution is 7.15. The van der Waals surface area contributed by atoms with Crippen molar-refractivity contribution in [3.8, 4) is 21.8 Å². The lowest BCUT2D eigenvalue weighted by molar-refractivity contribution is 0.255. The van der Waals surface area contributed by atoms with Gasteiger partial charge in [-0.2, -0.15) is 0 Å². The summed E-state index contributed by atoms with van der Waals surface area (Å²) in [6, 6.07) is 8.28. The van der Waals surface area contributed by atoms with Crippen LogP contribution < -0.4 is 5.73 Å². The van der Waals surface area contributed by atoms with Crippen molar-refractivity contribution < 1.29 is 4.39 Å². The standard InChI is InChI=1S/C19H20FN5S/c1-25-10-7-13(8-11-25)18-24-16(12-2-4-14(20)5-3-12)17(26-18)15-6-9-22-19(21)23-15/h2-6,9,13H,7-8,10-11H2,1H3,(H2,21,22,23). The van der Waals surface area contributed by atoms with E-state index in [1.54, 1.807) is 29.7 Å². The monoisotopic (exact) mass is 369 g/mol. The third-order valence-corrected chi connectivity index (χ3v) is 5.98. The van der Waals surface area contributed by atoms with Crippen LogP contribution in [0.1, 0.15) is 23.8 Å². The van der Waals surface area contributed by atoms with Gasteiger partial charge in [-0.1, -0.05) is 0 Å². The zero-order valence-electron chi connectivity index (χ0n) is 14.5. The smallest absolute Gasteiger partial charge is 0.220 e. The lowest BCUT2D eigenvalue weighted by atomic mass is 9.98. The molecule has 0 bridgehead atoms. The SMILES string of the molecule is CN1CCC(c2nc(-c3ccc(F)cc3)c(-c3ccnc(N)n3)s2)CC1. The van der Waals surface area contributed by atoms with Gasteiger partial charge in [0.15, 0.2) is 0 Å². The Morgan fingerprint density at radius 1 is 1.12 bits per heavy atom. The molecule has 3 heterocycles. The highest BCUT2D eigenvalue weighted by atomic mass is 32.1. The summed E-state index contributed by atoms with van der Waals surface area (Å²) < 4.78 is 13.4. The van der Waals surface area contributed by atoms with E-state index in [1.165, 1.54) is 12.1 Å². The topological polar surface area (TPSA) is 67.9 Å². The van der Waals surface area contributed by atoms with Gasteiger partial charge < -0.3 is 10.6 Å². The molecule has 0 aliphatic carbocycles. The van der Waals surface area contributed by atoms with Crippen molar-refractivity contribution in [3.05, 3.63) is 47.4 Å². The molecule has 0 atom stereocenters. The summed E-state index contributed by atoms with van der Waals surface area (Å²) in [6.45, 7) is 2.15. The molecule has 1 aromatic carbocycles. The number of likely N-dealkylation sites (tertiary alicyclic amines) is 1. The Labute approximate surface area is 155 Å². The van der Waals surface area contributed by atoms with Gasteiger partial charge in [-0.3, -0.25) is 0 Å². The van der Waals surface area contributed by atoms with Crippen LogP contribution in [-0.4, -0.2) is 40.0 Å². The first-order valence-electron chi connectivity index (χ1n) is 8.64. The van der Waals surface area contributed by atoms with Crippen molar-refractivity contribution in [2.75, 3.05) is 25.9 Å². The van der Waals surface area contributed by atoms with Gasteiger partial charge in [0.25, 0.3) is 0 Å². The molecule has 2 N–H and O–H groups in total. The number of thiazole rings is 1. The maximum Gasteiger partial charge on any atom is 0.220 e. The Morgan fingerprint density at radius 3 is 2.54 bits per heavy atom. The number of nitrogen functional groups attached to an aromatic ring is 1. The summed E-state index contributed by atoms with van der Waals surface area (Å²) in [5.41, 5.74) is 8.25. The van der Waals surface area contributed by atoms with E-state index < -0.39 is 0 Å². The van der Waals surface area contributed by atoms with Crippen molar-refractivity contribution in [2.24, 2.45) is 0 Å². The zero-order chi connectivity index (χ0) is 18.1. The van der Waals surface area contributed by atoms with Crippen molar-refractivity contribution >= 4 is 17.3 Å². The number of aromatic nitrogens is 3. The summed E-state index contributed by atoms with van der Waals surface area (Å²) >= 11 is 1.66. The Morgan fingerprint density at radius 2 is 1.85 bits per heavy atom. The third kappa shape index (κ3) is 3.45. The minimum absolute atomic E-state index is 0.238. The molecule has 3 aromatic rings. The molecule has 1 saturated heterocycles. The molecule has 1 fully saturated rings. The van der Waals surface area contributed by atoms with Crippen molar-refractivity contribution in [1.29, 1.82) is 0 Å². The lowest BCUT2D eigenvalue weighted by Gasteiger charge is -2.27. The van der Waals surface area contributed by atoms with Gasteiger partial charge in [0, 0.05) is 17.7 Å². The van der Waals surface area contributed by atoms with Gasteiger partial charge in [0.05, 0.1) is 21.3 Å². The van der Waals surface area contributed by atoms with Gasteiger partial charge >= 0.3 is 0 Å². The first-order valence-corrected chi connectivity index (χ1v) is 9.46. The fourth-order valence-electron chi connectivity index (χ4n) is 3.24. The van der Waals surface area contributed by atoms with Gasteiger partial charge in [-0.05, 0) is 63.3 Å². The molecule has 0 amide bonds. The largest absolute Gasteiger partial charge is 0.368 e. The minimum atomic E-state index is -0.257. The predicted molar refractivity (Wildman–Crippen MR) is 102 cm³/mol. The molecule has 134 valence electrons. The summed E-state index contributed by atoms with van der Waals surface area (Å²) in [7, 11) is 2.15. The number of hydrogen-bond donors (Lipinski definition) is 1. The molecule has 1 aliphatic rings. The van der Waals surface area contributed by atoms with Crippen LogP contribution in [0.25, 0.3) is 21.8 Å². The summed E-state index contributed by atoms with van der Waals surface area (Å²) in [5.74, 6) is 0.428. The highest BCUT2D eigenvalue weighted by Crippen LogP contribution is 2.40. The Bertz CT molecular complexity index is 901. The van der Waals surface area contributed by atoms with E-state index >= 15 is 0 Å². The van der Waals surface area contributed by atoms with Crippen LogP contribution in [0.15, 0.2) is 36.5 Å². The second-order valence-electron chi connectivity index (χ2n) is 6.61. The number of hydrogen-bond acceptors (Lipinski definition) is 6. The van der Waals surface area contributed by atoms with Gasteiger partial charge in [-0.15, -0.1) is 11.3 Å². The zero-order valence-corrected chi connectivity index (χ0v) is 15.3. The van der Waals surface area contributed by atoms with E-state index in [2.05, 4.69) is 21.9 Å². The highest BCUT2D eigenvalue weighted by Gasteiger charge is 2.24. The molecular formula is C19H20FN5S.